The Bertz CT molecular complexity index is 852. The lowest BCUT2D eigenvalue weighted by Gasteiger charge is -2.28. The quantitative estimate of drug-likeness (QED) is 0.359. The molecule has 2 aromatic rings. The predicted molar refractivity (Wildman–Crippen MR) is 88.7 cm³/mol. The summed E-state index contributed by atoms with van der Waals surface area (Å²) in [5, 5.41) is 10.8. The highest BCUT2D eigenvalue weighted by Crippen LogP contribution is 2.37. The highest BCUT2D eigenvalue weighted by Gasteiger charge is 2.46. The fourth-order valence-electron chi connectivity index (χ4n) is 2.19. The number of esters is 1. The second-order valence-electron chi connectivity index (χ2n) is 5.29. The van der Waals surface area contributed by atoms with Gasteiger partial charge >= 0.3 is 18.1 Å². The third-order valence-electron chi connectivity index (χ3n) is 3.44. The average molecular weight is 499 g/mol. The van der Waals surface area contributed by atoms with Gasteiger partial charge in [0.2, 0.25) is 0 Å². The van der Waals surface area contributed by atoms with Crippen molar-refractivity contribution >= 4 is 34.5 Å². The standard InChI is InChI=1S/C17H10F5IO4/c18-16(19,15(25)26)13(9-4-2-1-3-5-9)27-14(24)11-7-6-10(23)8-12(11)17(20,21)22/h1-8,13H,(H,25,26)/p-1. The van der Waals surface area contributed by atoms with Gasteiger partial charge in [0.1, 0.15) is 5.97 Å². The lowest BCUT2D eigenvalue weighted by molar-refractivity contribution is -0.336. The molecule has 27 heavy (non-hydrogen) atoms. The Morgan fingerprint density at radius 2 is 1.59 bits per heavy atom. The number of aliphatic carboxylic acids is 1. The van der Waals surface area contributed by atoms with Gasteiger partial charge in [-0.1, -0.05) is 30.3 Å². The molecule has 0 heterocycles. The molecule has 1 unspecified atom stereocenters. The number of carbonyl (C=O) groups is 2. The van der Waals surface area contributed by atoms with Gasteiger partial charge in [-0.3, -0.25) is 0 Å². The minimum atomic E-state index is -4.95. The first-order chi connectivity index (χ1) is 12.4. The van der Waals surface area contributed by atoms with Gasteiger partial charge in [-0.25, -0.2) is 4.79 Å². The van der Waals surface area contributed by atoms with Gasteiger partial charge in [0.25, 0.3) is 0 Å². The molecule has 1 atom stereocenters. The zero-order chi connectivity index (χ0) is 20.4. The normalized spacial score (nSPS) is 13.1. The first-order valence-corrected chi connectivity index (χ1v) is 8.24. The van der Waals surface area contributed by atoms with Gasteiger partial charge in [0.15, 0.2) is 6.10 Å². The summed E-state index contributed by atoms with van der Waals surface area (Å²) in [5.74, 6) is -9.24. The van der Waals surface area contributed by atoms with Gasteiger partial charge in [-0.05, 0) is 46.4 Å². The van der Waals surface area contributed by atoms with Gasteiger partial charge in [0.05, 0.1) is 11.1 Å². The van der Waals surface area contributed by atoms with E-state index in [1.54, 1.807) is 22.6 Å². The lowest BCUT2D eigenvalue weighted by atomic mass is 10.0. The number of alkyl halides is 5. The first-order valence-electron chi connectivity index (χ1n) is 7.16. The van der Waals surface area contributed by atoms with Crippen LogP contribution in [0.5, 0.6) is 0 Å². The molecule has 0 amide bonds. The van der Waals surface area contributed by atoms with Gasteiger partial charge in [-0.2, -0.15) is 22.0 Å². The minimum Gasteiger partial charge on any atom is -0.544 e. The number of carboxylic acids is 1. The number of hydrogen-bond acceptors (Lipinski definition) is 4. The lowest BCUT2D eigenvalue weighted by Crippen LogP contribution is -2.47. The van der Waals surface area contributed by atoms with Crippen LogP contribution in [0.25, 0.3) is 0 Å². The largest absolute Gasteiger partial charge is 0.544 e. The van der Waals surface area contributed by atoms with Crippen LogP contribution >= 0.6 is 22.6 Å². The van der Waals surface area contributed by atoms with Crippen LogP contribution in [-0.2, 0) is 15.7 Å². The third kappa shape index (κ3) is 4.73. The van der Waals surface area contributed by atoms with Crippen molar-refractivity contribution in [3.63, 3.8) is 0 Å². The number of rotatable bonds is 5. The SMILES string of the molecule is O=C(OC(c1ccccc1)C(F)(F)C(=O)[O-])c1ccc(I)cc1C(F)(F)F. The molecule has 10 heteroatoms. The molecule has 0 aromatic heterocycles. The summed E-state index contributed by atoms with van der Waals surface area (Å²) in [4.78, 5) is 23.0. The molecule has 0 radical (unpaired) electrons. The second kappa shape index (κ2) is 7.79. The van der Waals surface area contributed by atoms with Crippen molar-refractivity contribution in [1.29, 1.82) is 0 Å². The number of halogens is 6. The van der Waals surface area contributed by atoms with Crippen molar-refractivity contribution in [1.82, 2.24) is 0 Å². The number of carbonyl (C=O) groups excluding carboxylic acids is 2. The first kappa shape index (κ1) is 21.1. The van der Waals surface area contributed by atoms with Crippen LogP contribution in [0.15, 0.2) is 48.5 Å². The Morgan fingerprint density at radius 3 is 2.11 bits per heavy atom. The van der Waals surface area contributed by atoms with Crippen molar-refractivity contribution in [2.45, 2.75) is 18.2 Å². The van der Waals surface area contributed by atoms with Crippen molar-refractivity contribution in [3.8, 4) is 0 Å². The van der Waals surface area contributed by atoms with Crippen LogP contribution in [0.2, 0.25) is 0 Å². The summed E-state index contributed by atoms with van der Waals surface area (Å²) in [5.41, 5.74) is -2.82. The zero-order valence-electron chi connectivity index (χ0n) is 13.1. The predicted octanol–water partition coefficient (Wildman–Crippen LogP) is 3.59. The molecule has 0 bridgehead atoms. The van der Waals surface area contributed by atoms with Crippen LogP contribution in [0.4, 0.5) is 22.0 Å². The summed E-state index contributed by atoms with van der Waals surface area (Å²) in [6, 6.07) is 8.64. The van der Waals surface area contributed by atoms with E-state index in [2.05, 4.69) is 4.74 Å². The van der Waals surface area contributed by atoms with E-state index >= 15 is 0 Å². The molecule has 0 fully saturated rings. The van der Waals surface area contributed by atoms with Crippen molar-refractivity contribution < 1.29 is 41.4 Å². The van der Waals surface area contributed by atoms with Crippen LogP contribution in [0, 0.1) is 3.57 Å². The van der Waals surface area contributed by atoms with E-state index in [-0.39, 0.29) is 3.57 Å². The summed E-state index contributed by atoms with van der Waals surface area (Å²) in [6.07, 6.45) is -7.62. The fraction of sp³-hybridized carbons (Fsp3) is 0.176. The molecular weight excluding hydrogens is 490 g/mol. The molecule has 0 spiro atoms. The molecule has 2 rings (SSSR count). The Balaban J connectivity index is 2.48. The maximum absolute atomic E-state index is 14.0. The van der Waals surface area contributed by atoms with Crippen molar-refractivity contribution in [3.05, 3.63) is 68.8 Å². The maximum Gasteiger partial charge on any atom is 0.417 e. The maximum atomic E-state index is 14.0. The van der Waals surface area contributed by atoms with Gasteiger partial charge < -0.3 is 14.6 Å². The van der Waals surface area contributed by atoms with Crippen LogP contribution in [0.1, 0.15) is 27.6 Å². The molecule has 0 N–H and O–H groups in total. The second-order valence-corrected chi connectivity index (χ2v) is 6.54. The van der Waals surface area contributed by atoms with Crippen molar-refractivity contribution in [2.24, 2.45) is 0 Å². The Labute approximate surface area is 163 Å². The van der Waals surface area contributed by atoms with E-state index in [1.165, 1.54) is 18.2 Å². The summed E-state index contributed by atoms with van der Waals surface area (Å²) < 4.78 is 72.1. The highest BCUT2D eigenvalue weighted by molar-refractivity contribution is 14.1. The molecular formula is C17H9F5IO4-. The van der Waals surface area contributed by atoms with Crippen LogP contribution < -0.4 is 5.11 Å². The molecule has 2 aromatic carbocycles. The fourth-order valence-corrected chi connectivity index (χ4v) is 2.68. The topological polar surface area (TPSA) is 66.4 Å². The molecule has 0 saturated heterocycles. The van der Waals surface area contributed by atoms with Crippen LogP contribution in [0.3, 0.4) is 0 Å². The van der Waals surface area contributed by atoms with E-state index in [9.17, 15) is 36.6 Å². The number of benzene rings is 2. The number of hydrogen-bond donors (Lipinski definition) is 0. The number of carboxylic acid groups (broad SMARTS) is 1. The minimum absolute atomic E-state index is 0.149. The molecule has 0 aliphatic heterocycles. The molecule has 0 aliphatic carbocycles. The Hall–Kier alpha value is -2.24. The van der Waals surface area contributed by atoms with Crippen LogP contribution in [-0.4, -0.2) is 17.9 Å². The van der Waals surface area contributed by atoms with E-state index in [0.717, 1.165) is 24.3 Å². The Kier molecular flexibility index (Phi) is 6.07. The summed E-state index contributed by atoms with van der Waals surface area (Å²) in [6.45, 7) is 0. The molecule has 0 aliphatic rings. The van der Waals surface area contributed by atoms with E-state index in [4.69, 9.17) is 0 Å². The van der Waals surface area contributed by atoms with E-state index in [0.29, 0.717) is 6.07 Å². The van der Waals surface area contributed by atoms with Crippen molar-refractivity contribution in [2.75, 3.05) is 0 Å². The van der Waals surface area contributed by atoms with Gasteiger partial charge in [0, 0.05) is 3.57 Å². The molecule has 4 nitrogen and oxygen atoms in total. The molecule has 144 valence electrons. The third-order valence-corrected chi connectivity index (χ3v) is 4.11. The average Bonchev–Trinajstić information content (AvgIpc) is 2.59. The smallest absolute Gasteiger partial charge is 0.417 e. The van der Waals surface area contributed by atoms with E-state index < -0.39 is 46.8 Å². The Morgan fingerprint density at radius 1 is 1.00 bits per heavy atom. The highest BCUT2D eigenvalue weighted by atomic mass is 127. The summed E-state index contributed by atoms with van der Waals surface area (Å²) >= 11 is 1.58. The zero-order valence-corrected chi connectivity index (χ0v) is 15.3. The van der Waals surface area contributed by atoms with Gasteiger partial charge in [-0.15, -0.1) is 0 Å². The monoisotopic (exact) mass is 499 g/mol. The number of ether oxygens (including phenoxy) is 1. The van der Waals surface area contributed by atoms with E-state index in [1.807, 2.05) is 0 Å². The molecule has 0 saturated carbocycles. The summed E-state index contributed by atoms with van der Waals surface area (Å²) in [7, 11) is 0.